The molecule has 2 nitrogen and oxygen atoms in total. The zero-order chi connectivity index (χ0) is 13.0. The molecule has 2 rings (SSSR count). The van der Waals surface area contributed by atoms with Crippen LogP contribution in [0, 0.1) is 5.92 Å². The Labute approximate surface area is 122 Å². The van der Waals surface area contributed by atoms with Crippen molar-refractivity contribution in [3.8, 4) is 0 Å². The van der Waals surface area contributed by atoms with Crippen molar-refractivity contribution in [3.05, 3.63) is 33.3 Å². The van der Waals surface area contributed by atoms with Gasteiger partial charge in [0.2, 0.25) is 0 Å². The van der Waals surface area contributed by atoms with Gasteiger partial charge in [-0.1, -0.05) is 46.4 Å². The van der Waals surface area contributed by atoms with Crippen LogP contribution in [0.25, 0.3) is 0 Å². The third kappa shape index (κ3) is 3.95. The first-order valence-electron chi connectivity index (χ1n) is 6.49. The van der Waals surface area contributed by atoms with Crippen LogP contribution in [0.1, 0.15) is 31.2 Å². The average molecular weight is 333 g/mol. The van der Waals surface area contributed by atoms with Crippen LogP contribution in [-0.4, -0.2) is 17.8 Å². The number of benzene rings is 1. The van der Waals surface area contributed by atoms with Crippen LogP contribution in [0.3, 0.4) is 0 Å². The second-order valence-electron chi connectivity index (χ2n) is 4.98. The van der Waals surface area contributed by atoms with E-state index in [1.807, 2.05) is 18.2 Å². The van der Waals surface area contributed by atoms with Gasteiger partial charge in [-0.25, -0.2) is 0 Å². The highest BCUT2D eigenvalue weighted by atomic mass is 79.9. The molecule has 2 atom stereocenters. The standard InChI is InChI=1S/C14H19BrClNO/c15-12-6-5-10(13(16)7-12)8-17-9-11-3-1-2-4-14(11)18/h5-7,11,14,17-18H,1-4,8-9H2. The first-order valence-corrected chi connectivity index (χ1v) is 7.66. The highest BCUT2D eigenvalue weighted by Crippen LogP contribution is 2.24. The van der Waals surface area contributed by atoms with E-state index in [1.54, 1.807) is 0 Å². The van der Waals surface area contributed by atoms with E-state index in [-0.39, 0.29) is 6.10 Å². The molecule has 0 radical (unpaired) electrons. The van der Waals surface area contributed by atoms with Crippen molar-refractivity contribution in [2.24, 2.45) is 5.92 Å². The summed E-state index contributed by atoms with van der Waals surface area (Å²) in [4.78, 5) is 0. The topological polar surface area (TPSA) is 32.3 Å². The van der Waals surface area contributed by atoms with E-state index >= 15 is 0 Å². The molecule has 0 bridgehead atoms. The number of halogens is 2. The second kappa shape index (κ2) is 6.90. The lowest BCUT2D eigenvalue weighted by Crippen LogP contribution is -2.33. The van der Waals surface area contributed by atoms with Crippen molar-refractivity contribution >= 4 is 27.5 Å². The number of hydrogen-bond donors (Lipinski definition) is 2. The van der Waals surface area contributed by atoms with Crippen LogP contribution in [0.2, 0.25) is 5.02 Å². The quantitative estimate of drug-likeness (QED) is 0.880. The second-order valence-corrected chi connectivity index (χ2v) is 6.30. The minimum absolute atomic E-state index is 0.133. The lowest BCUT2D eigenvalue weighted by Gasteiger charge is -2.27. The molecular weight excluding hydrogens is 314 g/mol. The molecule has 1 aromatic rings. The Morgan fingerprint density at radius 3 is 2.83 bits per heavy atom. The predicted molar refractivity (Wildman–Crippen MR) is 78.8 cm³/mol. The van der Waals surface area contributed by atoms with E-state index in [9.17, 15) is 5.11 Å². The molecule has 100 valence electrons. The molecule has 4 heteroatoms. The van der Waals surface area contributed by atoms with Crippen molar-refractivity contribution in [3.63, 3.8) is 0 Å². The van der Waals surface area contributed by atoms with Crippen molar-refractivity contribution in [1.82, 2.24) is 5.32 Å². The number of aliphatic hydroxyl groups is 1. The van der Waals surface area contributed by atoms with Crippen LogP contribution in [-0.2, 0) is 6.54 Å². The highest BCUT2D eigenvalue weighted by Gasteiger charge is 2.22. The summed E-state index contributed by atoms with van der Waals surface area (Å²) in [5.41, 5.74) is 1.10. The van der Waals surface area contributed by atoms with Crippen molar-refractivity contribution in [1.29, 1.82) is 0 Å². The van der Waals surface area contributed by atoms with Gasteiger partial charge in [0.1, 0.15) is 0 Å². The average Bonchev–Trinajstić information content (AvgIpc) is 2.34. The normalized spacial score (nSPS) is 24.2. The molecule has 0 amide bonds. The van der Waals surface area contributed by atoms with E-state index in [0.717, 1.165) is 47.4 Å². The first kappa shape index (κ1) is 14.3. The van der Waals surface area contributed by atoms with Gasteiger partial charge in [-0.05, 0) is 36.5 Å². The lowest BCUT2D eigenvalue weighted by molar-refractivity contribution is 0.0695. The molecule has 0 heterocycles. The van der Waals surface area contributed by atoms with Gasteiger partial charge in [-0.2, -0.15) is 0 Å². The Bertz CT molecular complexity index is 399. The van der Waals surface area contributed by atoms with Gasteiger partial charge < -0.3 is 10.4 Å². The van der Waals surface area contributed by atoms with E-state index in [4.69, 9.17) is 11.6 Å². The molecule has 2 unspecified atom stereocenters. The Morgan fingerprint density at radius 1 is 1.33 bits per heavy atom. The third-order valence-electron chi connectivity index (χ3n) is 3.61. The molecule has 1 aliphatic rings. The Hall–Kier alpha value is -0.0900. The van der Waals surface area contributed by atoms with Crippen molar-refractivity contribution in [2.75, 3.05) is 6.54 Å². The Kier molecular flexibility index (Phi) is 5.49. The molecule has 1 fully saturated rings. The van der Waals surface area contributed by atoms with Crippen LogP contribution >= 0.6 is 27.5 Å². The molecule has 1 saturated carbocycles. The number of rotatable bonds is 4. The van der Waals surface area contributed by atoms with Crippen LogP contribution in [0.15, 0.2) is 22.7 Å². The summed E-state index contributed by atoms with van der Waals surface area (Å²) in [5, 5.41) is 14.1. The molecular formula is C14H19BrClNO. The Balaban J connectivity index is 1.81. The van der Waals surface area contributed by atoms with Gasteiger partial charge in [0.15, 0.2) is 0 Å². The molecule has 2 N–H and O–H groups in total. The summed E-state index contributed by atoms with van der Waals surface area (Å²) in [7, 11) is 0. The molecule has 0 aliphatic heterocycles. The van der Waals surface area contributed by atoms with Gasteiger partial charge >= 0.3 is 0 Å². The SMILES string of the molecule is OC1CCCCC1CNCc1ccc(Br)cc1Cl. The number of nitrogens with one attached hydrogen (secondary N) is 1. The van der Waals surface area contributed by atoms with E-state index in [0.29, 0.717) is 5.92 Å². The summed E-state index contributed by atoms with van der Waals surface area (Å²) in [6.07, 6.45) is 4.35. The third-order valence-corrected chi connectivity index (χ3v) is 4.45. The van der Waals surface area contributed by atoms with Gasteiger partial charge in [0.25, 0.3) is 0 Å². The lowest BCUT2D eigenvalue weighted by atomic mass is 9.86. The number of hydrogen-bond acceptors (Lipinski definition) is 2. The minimum atomic E-state index is -0.133. The summed E-state index contributed by atoms with van der Waals surface area (Å²) >= 11 is 9.56. The molecule has 1 aromatic carbocycles. The summed E-state index contributed by atoms with van der Waals surface area (Å²) < 4.78 is 0.999. The summed E-state index contributed by atoms with van der Waals surface area (Å²) in [5.74, 6) is 0.396. The molecule has 0 aromatic heterocycles. The highest BCUT2D eigenvalue weighted by molar-refractivity contribution is 9.10. The maximum atomic E-state index is 9.88. The van der Waals surface area contributed by atoms with E-state index in [2.05, 4.69) is 21.2 Å². The van der Waals surface area contributed by atoms with Gasteiger partial charge in [-0.15, -0.1) is 0 Å². The molecule has 0 saturated heterocycles. The fraction of sp³-hybridized carbons (Fsp3) is 0.571. The van der Waals surface area contributed by atoms with E-state index < -0.39 is 0 Å². The fourth-order valence-electron chi connectivity index (χ4n) is 2.48. The maximum Gasteiger partial charge on any atom is 0.0580 e. The van der Waals surface area contributed by atoms with Gasteiger partial charge in [0.05, 0.1) is 6.10 Å². The maximum absolute atomic E-state index is 9.88. The van der Waals surface area contributed by atoms with Gasteiger partial charge in [-0.3, -0.25) is 0 Å². The zero-order valence-electron chi connectivity index (χ0n) is 10.3. The predicted octanol–water partition coefficient (Wildman–Crippen LogP) is 3.74. The first-order chi connectivity index (χ1) is 8.66. The molecule has 18 heavy (non-hydrogen) atoms. The monoisotopic (exact) mass is 331 g/mol. The van der Waals surface area contributed by atoms with Crippen LogP contribution in [0.5, 0.6) is 0 Å². The molecule has 0 spiro atoms. The van der Waals surface area contributed by atoms with Crippen molar-refractivity contribution in [2.45, 2.75) is 38.3 Å². The minimum Gasteiger partial charge on any atom is -0.393 e. The summed E-state index contributed by atoms with van der Waals surface area (Å²) in [6, 6.07) is 5.93. The zero-order valence-corrected chi connectivity index (χ0v) is 12.7. The summed E-state index contributed by atoms with van der Waals surface area (Å²) in [6.45, 7) is 1.63. The molecule has 1 aliphatic carbocycles. The largest absolute Gasteiger partial charge is 0.393 e. The van der Waals surface area contributed by atoms with Crippen molar-refractivity contribution < 1.29 is 5.11 Å². The number of aliphatic hydroxyl groups excluding tert-OH is 1. The van der Waals surface area contributed by atoms with Crippen LogP contribution < -0.4 is 5.32 Å². The van der Waals surface area contributed by atoms with Crippen LogP contribution in [0.4, 0.5) is 0 Å². The van der Waals surface area contributed by atoms with E-state index in [1.165, 1.54) is 6.42 Å². The smallest absolute Gasteiger partial charge is 0.0580 e. The van der Waals surface area contributed by atoms with Gasteiger partial charge in [0, 0.05) is 22.6 Å². The Morgan fingerprint density at radius 2 is 2.11 bits per heavy atom. The fourth-order valence-corrected chi connectivity index (χ4v) is 3.22.